The van der Waals surface area contributed by atoms with Gasteiger partial charge in [0.2, 0.25) is 5.88 Å². The zero-order valence-electron chi connectivity index (χ0n) is 30.3. The summed E-state index contributed by atoms with van der Waals surface area (Å²) in [6.07, 6.45) is -3.03. The van der Waals surface area contributed by atoms with Crippen LogP contribution in [0.1, 0.15) is 38.9 Å². The Morgan fingerprint density at radius 2 is 1.55 bits per heavy atom. The molecule has 2 aromatic heterocycles. The van der Waals surface area contributed by atoms with Gasteiger partial charge in [0, 0.05) is 68.8 Å². The molecule has 2 N–H and O–H groups in total. The van der Waals surface area contributed by atoms with Crippen LogP contribution in [0.5, 0.6) is 17.4 Å². The van der Waals surface area contributed by atoms with Crippen molar-refractivity contribution in [1.29, 1.82) is 0 Å². The number of alkyl halides is 3. The Morgan fingerprint density at radius 3 is 2.11 bits per heavy atom. The lowest BCUT2D eigenvalue weighted by atomic mass is 10.1. The molecule has 3 aromatic carbocycles. The van der Waals surface area contributed by atoms with E-state index >= 15 is 0 Å². The Hall–Kier alpha value is -6.42. The number of carbonyl (C=O) groups excluding carboxylic acids is 2. The van der Waals surface area contributed by atoms with Crippen LogP contribution in [0.15, 0.2) is 91.1 Å². The van der Waals surface area contributed by atoms with Gasteiger partial charge in [-0.05, 0) is 79.2 Å². The number of amides is 2. The van der Waals surface area contributed by atoms with Gasteiger partial charge < -0.3 is 34.1 Å². The number of methoxy groups -OCH3 is 1. The minimum absolute atomic E-state index is 0.0232. The third-order valence-corrected chi connectivity index (χ3v) is 9.05. The SMILES string of the molecule is COc1ccc(CN2CCN(C(=O)c3cc4cc(Oc5ccc(N(C)C(=O)c6ccc(C(F)(F)F)cc6)cn5)ccc4n3C)C(C)C2)cc1.O=C(O)C(=O)O. The number of nitrogens with zero attached hydrogens (tertiary/aromatic N) is 5. The van der Waals surface area contributed by atoms with Gasteiger partial charge in [0.15, 0.2) is 0 Å². The van der Waals surface area contributed by atoms with E-state index in [2.05, 4.69) is 28.9 Å². The maximum absolute atomic E-state index is 13.8. The lowest BCUT2D eigenvalue weighted by Crippen LogP contribution is -2.53. The van der Waals surface area contributed by atoms with Crippen LogP contribution in [0.2, 0.25) is 0 Å². The van der Waals surface area contributed by atoms with Crippen LogP contribution in [-0.4, -0.2) is 93.2 Å². The topological polar surface area (TPSA) is 155 Å². The quantitative estimate of drug-likeness (QED) is 0.176. The van der Waals surface area contributed by atoms with Crippen molar-refractivity contribution in [3.63, 3.8) is 0 Å². The number of anilines is 1. The van der Waals surface area contributed by atoms with Crippen LogP contribution in [0, 0.1) is 0 Å². The number of ether oxygens (including phenoxy) is 2. The first-order chi connectivity index (χ1) is 26.0. The van der Waals surface area contributed by atoms with Crippen molar-refractivity contribution in [2.24, 2.45) is 7.05 Å². The number of carbonyl (C=O) groups is 4. The van der Waals surface area contributed by atoms with Crippen LogP contribution in [0.4, 0.5) is 18.9 Å². The fourth-order valence-electron chi connectivity index (χ4n) is 6.08. The number of fused-ring (bicyclic) bond motifs is 1. The number of aryl methyl sites for hydroxylation is 1. The van der Waals surface area contributed by atoms with Gasteiger partial charge in [0.05, 0.1) is 24.6 Å². The highest BCUT2D eigenvalue weighted by Gasteiger charge is 2.31. The van der Waals surface area contributed by atoms with Crippen molar-refractivity contribution in [2.75, 3.05) is 38.7 Å². The Kier molecular flexibility index (Phi) is 12.1. The molecule has 0 radical (unpaired) electrons. The largest absolute Gasteiger partial charge is 0.497 e. The molecule has 2 amide bonds. The number of carboxylic acid groups (broad SMARTS) is 2. The zero-order valence-corrected chi connectivity index (χ0v) is 30.3. The van der Waals surface area contributed by atoms with Gasteiger partial charge in [-0.25, -0.2) is 14.6 Å². The van der Waals surface area contributed by atoms with E-state index < -0.39 is 29.6 Å². The van der Waals surface area contributed by atoms with Gasteiger partial charge >= 0.3 is 18.1 Å². The van der Waals surface area contributed by atoms with Crippen molar-refractivity contribution in [3.05, 3.63) is 114 Å². The van der Waals surface area contributed by atoms with Crippen molar-refractivity contribution < 1.29 is 52.0 Å². The first-order valence-corrected chi connectivity index (χ1v) is 16.9. The summed E-state index contributed by atoms with van der Waals surface area (Å²) in [6, 6.07) is 22.8. The minimum Gasteiger partial charge on any atom is -0.497 e. The van der Waals surface area contributed by atoms with E-state index in [9.17, 15) is 22.8 Å². The summed E-state index contributed by atoms with van der Waals surface area (Å²) in [5.74, 6) is -2.52. The normalized spacial score (nSPS) is 14.5. The number of aliphatic carboxylic acids is 2. The molecule has 1 atom stereocenters. The van der Waals surface area contributed by atoms with Crippen LogP contribution >= 0.6 is 0 Å². The summed E-state index contributed by atoms with van der Waals surface area (Å²) in [5, 5.41) is 15.6. The van der Waals surface area contributed by atoms with Gasteiger partial charge in [-0.1, -0.05) is 12.1 Å². The Labute approximate surface area is 313 Å². The van der Waals surface area contributed by atoms with Gasteiger partial charge in [-0.2, -0.15) is 13.2 Å². The highest BCUT2D eigenvalue weighted by molar-refractivity contribution is 6.27. The number of hydrogen-bond donors (Lipinski definition) is 2. The number of rotatable bonds is 8. The molecule has 5 aromatic rings. The summed E-state index contributed by atoms with van der Waals surface area (Å²) < 4.78 is 51.8. The molecule has 13 nitrogen and oxygen atoms in total. The second-order valence-corrected chi connectivity index (χ2v) is 12.7. The molecular weight excluding hydrogens is 723 g/mol. The molecule has 1 aliphatic rings. The molecule has 0 spiro atoms. The average Bonchev–Trinajstić information content (AvgIpc) is 3.49. The maximum Gasteiger partial charge on any atom is 0.416 e. The predicted octanol–water partition coefficient (Wildman–Crippen LogP) is 6.17. The third-order valence-electron chi connectivity index (χ3n) is 9.05. The van der Waals surface area contributed by atoms with Crippen LogP contribution < -0.4 is 14.4 Å². The van der Waals surface area contributed by atoms with Crippen molar-refractivity contribution in [2.45, 2.75) is 25.7 Å². The third kappa shape index (κ3) is 9.58. The summed E-state index contributed by atoms with van der Waals surface area (Å²) in [7, 11) is 5.05. The molecule has 3 heterocycles. The van der Waals surface area contributed by atoms with Crippen molar-refractivity contribution in [3.8, 4) is 17.4 Å². The molecule has 1 saturated heterocycles. The first-order valence-electron chi connectivity index (χ1n) is 16.9. The molecular formula is C39H38F3N5O8. The average molecular weight is 762 g/mol. The van der Waals surface area contributed by atoms with E-state index in [4.69, 9.17) is 29.3 Å². The van der Waals surface area contributed by atoms with Gasteiger partial charge in [0.1, 0.15) is 17.2 Å². The number of pyridine rings is 1. The fraction of sp³-hybridized carbons (Fsp3) is 0.256. The molecule has 288 valence electrons. The first kappa shape index (κ1) is 39.8. The molecule has 0 saturated carbocycles. The molecule has 0 aliphatic carbocycles. The van der Waals surface area contributed by atoms with E-state index in [1.54, 1.807) is 25.3 Å². The highest BCUT2D eigenvalue weighted by Crippen LogP contribution is 2.31. The number of piperazine rings is 1. The van der Waals surface area contributed by atoms with Crippen LogP contribution in [0.3, 0.4) is 0 Å². The summed E-state index contributed by atoms with van der Waals surface area (Å²) in [6.45, 7) is 5.05. The number of aromatic nitrogens is 2. The van der Waals surface area contributed by atoms with E-state index in [1.807, 2.05) is 46.8 Å². The molecule has 16 heteroatoms. The van der Waals surface area contributed by atoms with Gasteiger partial charge in [-0.3, -0.25) is 14.5 Å². The summed E-state index contributed by atoms with van der Waals surface area (Å²) in [5.41, 5.74) is 2.40. The second-order valence-electron chi connectivity index (χ2n) is 12.7. The molecule has 1 unspecified atom stereocenters. The lowest BCUT2D eigenvalue weighted by Gasteiger charge is -2.40. The minimum atomic E-state index is -4.48. The second kappa shape index (κ2) is 16.7. The number of benzene rings is 3. The number of halogens is 3. The molecule has 1 aliphatic heterocycles. The van der Waals surface area contributed by atoms with Crippen LogP contribution in [0.25, 0.3) is 10.9 Å². The number of hydrogen-bond acceptors (Lipinski definition) is 8. The smallest absolute Gasteiger partial charge is 0.416 e. The highest BCUT2D eigenvalue weighted by atomic mass is 19.4. The molecule has 55 heavy (non-hydrogen) atoms. The van der Waals surface area contributed by atoms with Gasteiger partial charge in [0.25, 0.3) is 11.8 Å². The zero-order chi connectivity index (χ0) is 40.0. The number of carboxylic acids is 2. The fourth-order valence-corrected chi connectivity index (χ4v) is 6.08. The van der Waals surface area contributed by atoms with E-state index in [0.29, 0.717) is 23.7 Å². The molecule has 6 rings (SSSR count). The standard InChI is InChI=1S/C37H36F3N5O4.C2H2O4/c1-24-22-44(23-25-5-12-30(48-4)13-6-25)17-18-45(24)36(47)33-20-27-19-31(14-15-32(27)43(33)3)49-34-16-11-29(21-41-34)42(2)35(46)26-7-9-28(10-8-26)37(38,39)40;3-1(4)2(5)6/h5-16,19-21,24H,17-18,22-23H2,1-4H3;(H,3,4)(H,5,6). The Morgan fingerprint density at radius 1 is 0.891 bits per heavy atom. The lowest BCUT2D eigenvalue weighted by molar-refractivity contribution is -0.159. The van der Waals surface area contributed by atoms with Crippen molar-refractivity contribution >= 4 is 40.3 Å². The van der Waals surface area contributed by atoms with Crippen molar-refractivity contribution in [1.82, 2.24) is 19.4 Å². The maximum atomic E-state index is 13.8. The monoisotopic (exact) mass is 761 g/mol. The molecule has 1 fully saturated rings. The van der Waals surface area contributed by atoms with Gasteiger partial charge in [-0.15, -0.1) is 0 Å². The predicted molar refractivity (Wildman–Crippen MR) is 195 cm³/mol. The van der Waals surface area contributed by atoms with E-state index in [0.717, 1.165) is 60.6 Å². The molecule has 0 bridgehead atoms. The van der Waals surface area contributed by atoms with Crippen LogP contribution in [-0.2, 0) is 29.4 Å². The van der Waals surface area contributed by atoms with E-state index in [-0.39, 0.29) is 23.4 Å². The summed E-state index contributed by atoms with van der Waals surface area (Å²) >= 11 is 0. The Balaban J connectivity index is 0.000000895. The van der Waals surface area contributed by atoms with E-state index in [1.165, 1.54) is 23.7 Å². The summed E-state index contributed by atoms with van der Waals surface area (Å²) in [4.78, 5) is 54.7. The Bertz CT molecular complexity index is 2160.